The molecule has 1 aromatic heterocycles. The van der Waals surface area contributed by atoms with E-state index in [1.807, 2.05) is 6.92 Å². The van der Waals surface area contributed by atoms with Gasteiger partial charge in [-0.1, -0.05) is 0 Å². The number of rotatable bonds is 5. The van der Waals surface area contributed by atoms with Crippen molar-refractivity contribution in [3.05, 3.63) is 12.2 Å². The fraction of sp³-hybridized carbons (Fsp3) is 0.769. The van der Waals surface area contributed by atoms with Crippen LogP contribution in [0.5, 0.6) is 0 Å². The summed E-state index contributed by atoms with van der Waals surface area (Å²) in [6, 6.07) is -0.0466. The summed E-state index contributed by atoms with van der Waals surface area (Å²) >= 11 is 0. The van der Waals surface area contributed by atoms with Gasteiger partial charge in [-0.3, -0.25) is 9.58 Å². The smallest absolute Gasteiger partial charge is 0.357 e. The van der Waals surface area contributed by atoms with Crippen LogP contribution in [0.25, 0.3) is 0 Å². The number of guanidine groups is 1. The van der Waals surface area contributed by atoms with E-state index < -0.39 is 12.7 Å². The summed E-state index contributed by atoms with van der Waals surface area (Å²) in [6.45, 7) is 2.88. The van der Waals surface area contributed by atoms with Crippen molar-refractivity contribution in [3.8, 4) is 0 Å². The first-order chi connectivity index (χ1) is 10.9. The Kier molecular flexibility index (Phi) is 5.80. The third kappa shape index (κ3) is 5.70. The summed E-state index contributed by atoms with van der Waals surface area (Å²) in [5.41, 5.74) is 0. The molecule has 0 amide bonds. The summed E-state index contributed by atoms with van der Waals surface area (Å²) in [6.07, 6.45) is -2.04. The number of halogens is 3. The normalized spacial score (nSPS) is 20.0. The van der Waals surface area contributed by atoms with E-state index in [-0.39, 0.29) is 6.04 Å². The lowest BCUT2D eigenvalue weighted by Crippen LogP contribution is -2.45. The number of nitrogens with zero attached hydrogens (tertiary/aromatic N) is 5. The van der Waals surface area contributed by atoms with Crippen molar-refractivity contribution < 1.29 is 13.2 Å². The van der Waals surface area contributed by atoms with E-state index in [1.165, 1.54) is 11.2 Å². The molecular formula is C13H22F3N7. The van der Waals surface area contributed by atoms with Crippen LogP contribution in [0.1, 0.15) is 19.2 Å². The molecular weight excluding hydrogens is 311 g/mol. The summed E-state index contributed by atoms with van der Waals surface area (Å²) in [5.74, 6) is 1.29. The number of nitrogens with one attached hydrogen (secondary N) is 2. The van der Waals surface area contributed by atoms with E-state index in [2.05, 4.69) is 25.7 Å². The maximum Gasteiger partial charge on any atom is 0.401 e. The summed E-state index contributed by atoms with van der Waals surface area (Å²) in [5, 5.41) is 10.3. The monoisotopic (exact) mass is 333 g/mol. The van der Waals surface area contributed by atoms with E-state index in [0.29, 0.717) is 44.4 Å². The molecule has 10 heteroatoms. The highest BCUT2D eigenvalue weighted by molar-refractivity contribution is 5.80. The van der Waals surface area contributed by atoms with Crippen LogP contribution >= 0.6 is 0 Å². The lowest BCUT2D eigenvalue weighted by molar-refractivity contribution is -0.143. The highest BCUT2D eigenvalue weighted by Gasteiger charge is 2.34. The summed E-state index contributed by atoms with van der Waals surface area (Å²) in [7, 11) is 1.78. The molecule has 2 N–H and O–H groups in total. The molecule has 0 saturated carbocycles. The van der Waals surface area contributed by atoms with Gasteiger partial charge >= 0.3 is 6.18 Å². The maximum atomic E-state index is 12.4. The Bertz CT molecular complexity index is 526. The minimum Gasteiger partial charge on any atom is -0.357 e. The zero-order valence-corrected chi connectivity index (χ0v) is 13.3. The molecule has 2 heterocycles. The standard InChI is InChI=1S/C13H22F3N7/c1-3-17-12(18-6-11-19-9-20-22(11)2)21-10-4-5-23(7-10)8-13(14,15)16/h9-10H,3-8H2,1-2H3,(H2,17,18,21). The van der Waals surface area contributed by atoms with Gasteiger partial charge in [0.1, 0.15) is 18.7 Å². The minimum atomic E-state index is -4.15. The predicted octanol–water partition coefficient (Wildman–Crippen LogP) is 0.507. The number of aryl methyl sites for hydroxylation is 1. The number of aliphatic imine (C=N–C) groups is 1. The molecule has 1 aromatic rings. The SMILES string of the molecule is CCNC(=NCc1ncnn1C)NC1CCN(CC(F)(F)F)C1. The number of alkyl halides is 3. The second kappa shape index (κ2) is 7.62. The lowest BCUT2D eigenvalue weighted by atomic mass is 10.3. The summed E-state index contributed by atoms with van der Waals surface area (Å²) in [4.78, 5) is 9.90. The van der Waals surface area contributed by atoms with Crippen molar-refractivity contribution in [3.63, 3.8) is 0 Å². The van der Waals surface area contributed by atoms with Crippen molar-refractivity contribution in [2.24, 2.45) is 12.0 Å². The average Bonchev–Trinajstić information content (AvgIpc) is 3.04. The minimum absolute atomic E-state index is 0.0466. The zero-order chi connectivity index (χ0) is 16.9. The van der Waals surface area contributed by atoms with Crippen molar-refractivity contribution >= 4 is 5.96 Å². The van der Waals surface area contributed by atoms with Crippen molar-refractivity contribution in [1.82, 2.24) is 30.3 Å². The van der Waals surface area contributed by atoms with Gasteiger partial charge in [0.25, 0.3) is 0 Å². The molecule has 7 nitrogen and oxygen atoms in total. The molecule has 0 spiro atoms. The summed E-state index contributed by atoms with van der Waals surface area (Å²) < 4.78 is 38.9. The van der Waals surface area contributed by atoms with Crippen molar-refractivity contribution in [2.75, 3.05) is 26.2 Å². The Morgan fingerprint density at radius 2 is 2.26 bits per heavy atom. The fourth-order valence-corrected chi connectivity index (χ4v) is 2.47. The van der Waals surface area contributed by atoms with Crippen LogP contribution in [-0.4, -0.2) is 64.0 Å². The van der Waals surface area contributed by atoms with Gasteiger partial charge in [-0.25, -0.2) is 9.98 Å². The van der Waals surface area contributed by atoms with Crippen LogP contribution in [0, 0.1) is 0 Å². The third-order valence-corrected chi connectivity index (χ3v) is 3.54. The Balaban J connectivity index is 1.88. The van der Waals surface area contributed by atoms with Crippen LogP contribution in [0.3, 0.4) is 0 Å². The molecule has 23 heavy (non-hydrogen) atoms. The van der Waals surface area contributed by atoms with Crippen molar-refractivity contribution in [2.45, 2.75) is 32.1 Å². The molecule has 2 rings (SSSR count). The zero-order valence-electron chi connectivity index (χ0n) is 13.3. The van der Waals surface area contributed by atoms with Gasteiger partial charge in [-0.2, -0.15) is 18.3 Å². The van der Waals surface area contributed by atoms with Gasteiger partial charge in [0, 0.05) is 32.7 Å². The van der Waals surface area contributed by atoms with E-state index in [0.717, 1.165) is 0 Å². The number of hydrogen-bond acceptors (Lipinski definition) is 4. The molecule has 0 radical (unpaired) electrons. The van der Waals surface area contributed by atoms with Gasteiger partial charge in [-0.15, -0.1) is 0 Å². The molecule has 1 aliphatic heterocycles. The molecule has 0 bridgehead atoms. The van der Waals surface area contributed by atoms with Crippen LogP contribution in [0.15, 0.2) is 11.3 Å². The van der Waals surface area contributed by atoms with Gasteiger partial charge in [0.2, 0.25) is 0 Å². The number of aromatic nitrogens is 3. The Morgan fingerprint density at radius 3 is 2.87 bits per heavy atom. The van der Waals surface area contributed by atoms with Crippen LogP contribution in [0.4, 0.5) is 13.2 Å². The second-order valence-corrected chi connectivity index (χ2v) is 5.48. The van der Waals surface area contributed by atoms with Gasteiger partial charge in [0.05, 0.1) is 6.54 Å². The Morgan fingerprint density at radius 1 is 1.48 bits per heavy atom. The van der Waals surface area contributed by atoms with E-state index >= 15 is 0 Å². The highest BCUT2D eigenvalue weighted by Crippen LogP contribution is 2.19. The Labute approximate surface area is 133 Å². The molecule has 0 aromatic carbocycles. The molecule has 1 fully saturated rings. The largest absolute Gasteiger partial charge is 0.401 e. The van der Waals surface area contributed by atoms with Gasteiger partial charge in [0.15, 0.2) is 5.96 Å². The highest BCUT2D eigenvalue weighted by atomic mass is 19.4. The first-order valence-corrected chi connectivity index (χ1v) is 7.54. The predicted molar refractivity (Wildman–Crippen MR) is 79.9 cm³/mol. The topological polar surface area (TPSA) is 70.4 Å². The van der Waals surface area contributed by atoms with Gasteiger partial charge in [-0.05, 0) is 13.3 Å². The first kappa shape index (κ1) is 17.5. The number of hydrogen-bond donors (Lipinski definition) is 2. The molecule has 1 saturated heterocycles. The first-order valence-electron chi connectivity index (χ1n) is 7.54. The van der Waals surface area contributed by atoms with Crippen molar-refractivity contribution in [1.29, 1.82) is 0 Å². The fourth-order valence-electron chi connectivity index (χ4n) is 2.47. The molecule has 1 atom stereocenters. The van der Waals surface area contributed by atoms with Crippen LogP contribution in [-0.2, 0) is 13.6 Å². The molecule has 1 unspecified atom stereocenters. The molecule has 130 valence electrons. The quantitative estimate of drug-likeness (QED) is 0.607. The average molecular weight is 333 g/mol. The van der Waals surface area contributed by atoms with E-state index in [4.69, 9.17) is 0 Å². The maximum absolute atomic E-state index is 12.4. The van der Waals surface area contributed by atoms with Crippen LogP contribution in [0.2, 0.25) is 0 Å². The molecule has 1 aliphatic rings. The van der Waals surface area contributed by atoms with Gasteiger partial charge < -0.3 is 10.6 Å². The van der Waals surface area contributed by atoms with Crippen LogP contribution < -0.4 is 10.6 Å². The molecule has 0 aliphatic carbocycles. The number of likely N-dealkylation sites (tertiary alicyclic amines) is 1. The lowest BCUT2D eigenvalue weighted by Gasteiger charge is -2.19. The van der Waals surface area contributed by atoms with E-state index in [1.54, 1.807) is 11.7 Å². The third-order valence-electron chi connectivity index (χ3n) is 3.54. The Hall–Kier alpha value is -1.84. The van der Waals surface area contributed by atoms with E-state index in [9.17, 15) is 13.2 Å². The second-order valence-electron chi connectivity index (χ2n) is 5.48.